The van der Waals surface area contributed by atoms with Gasteiger partial charge in [0.15, 0.2) is 6.29 Å². The van der Waals surface area contributed by atoms with E-state index < -0.39 is 0 Å². The zero-order valence-electron chi connectivity index (χ0n) is 18.0. The number of nitrogens with zero attached hydrogens (tertiary/aromatic N) is 1. The fourth-order valence-electron chi connectivity index (χ4n) is 3.38. The van der Waals surface area contributed by atoms with E-state index in [0.717, 1.165) is 11.1 Å². The molecule has 1 aromatic heterocycles. The lowest BCUT2D eigenvalue weighted by Crippen LogP contribution is -2.41. The van der Waals surface area contributed by atoms with E-state index in [0.29, 0.717) is 50.3 Å². The highest BCUT2D eigenvalue weighted by atomic mass is 16.7. The molecule has 3 rings (SSSR count). The predicted octanol–water partition coefficient (Wildman–Crippen LogP) is 1.55. The van der Waals surface area contributed by atoms with E-state index in [1.165, 1.54) is 6.07 Å². The maximum atomic E-state index is 12.7. The molecule has 31 heavy (non-hydrogen) atoms. The van der Waals surface area contributed by atoms with Gasteiger partial charge in [0.1, 0.15) is 5.69 Å². The van der Waals surface area contributed by atoms with Crippen LogP contribution in [0, 0.1) is 6.92 Å². The first-order chi connectivity index (χ1) is 14.9. The molecular weight excluding hydrogens is 396 g/mol. The normalized spacial score (nSPS) is 18.4. The maximum absolute atomic E-state index is 12.7. The molecule has 8 nitrogen and oxygen atoms in total. The first kappa shape index (κ1) is 22.9. The van der Waals surface area contributed by atoms with E-state index in [4.69, 9.17) is 15.2 Å². The summed E-state index contributed by atoms with van der Waals surface area (Å²) >= 11 is 0. The highest BCUT2D eigenvalue weighted by molar-refractivity contribution is 5.98. The van der Waals surface area contributed by atoms with Gasteiger partial charge in [-0.1, -0.05) is 29.8 Å². The van der Waals surface area contributed by atoms with Crippen molar-refractivity contribution in [1.82, 2.24) is 15.6 Å². The van der Waals surface area contributed by atoms with E-state index in [9.17, 15) is 9.59 Å². The Hall–Kier alpha value is -2.81. The van der Waals surface area contributed by atoms with Gasteiger partial charge in [0, 0.05) is 37.7 Å². The van der Waals surface area contributed by atoms with Gasteiger partial charge in [0.05, 0.1) is 19.3 Å². The van der Waals surface area contributed by atoms with Crippen molar-refractivity contribution in [2.45, 2.75) is 38.5 Å². The van der Waals surface area contributed by atoms with Gasteiger partial charge in [-0.15, -0.1) is 0 Å². The molecule has 1 aliphatic rings. The Bertz CT molecular complexity index is 910. The third kappa shape index (κ3) is 6.85. The van der Waals surface area contributed by atoms with Crippen LogP contribution in [0.3, 0.4) is 0 Å². The SMILES string of the molecule is CNC(=O)c1cc(C(=O)NCCC[C@H]2OC[C@H](N)CO2)cc(Cc2cccc(C)c2)n1. The molecule has 2 amide bonds. The number of carbonyl (C=O) groups is 2. The second-order valence-corrected chi connectivity index (χ2v) is 7.73. The van der Waals surface area contributed by atoms with Gasteiger partial charge in [-0.25, -0.2) is 4.98 Å². The molecule has 0 bridgehead atoms. The number of nitrogens with two attached hydrogens (primary N) is 1. The lowest BCUT2D eigenvalue weighted by molar-refractivity contribution is -0.188. The summed E-state index contributed by atoms with van der Waals surface area (Å²) in [7, 11) is 1.54. The summed E-state index contributed by atoms with van der Waals surface area (Å²) in [5.41, 5.74) is 9.23. The Morgan fingerprint density at radius 2 is 1.94 bits per heavy atom. The number of ether oxygens (including phenoxy) is 2. The minimum atomic E-state index is -0.329. The van der Waals surface area contributed by atoms with Crippen LogP contribution in [0.25, 0.3) is 0 Å². The van der Waals surface area contributed by atoms with Gasteiger partial charge < -0.3 is 25.8 Å². The van der Waals surface area contributed by atoms with Crippen molar-refractivity contribution in [2.24, 2.45) is 5.73 Å². The Morgan fingerprint density at radius 3 is 2.65 bits per heavy atom. The summed E-state index contributed by atoms with van der Waals surface area (Å²) in [6.45, 7) is 3.47. The number of benzene rings is 1. The molecule has 0 aliphatic carbocycles. The van der Waals surface area contributed by atoms with Crippen molar-refractivity contribution in [3.8, 4) is 0 Å². The van der Waals surface area contributed by atoms with Crippen LogP contribution in [-0.4, -0.2) is 55.9 Å². The molecule has 1 aliphatic heterocycles. The summed E-state index contributed by atoms with van der Waals surface area (Å²) < 4.78 is 11.0. The molecule has 0 radical (unpaired) electrons. The van der Waals surface area contributed by atoms with Crippen molar-refractivity contribution in [1.29, 1.82) is 0 Å². The molecule has 4 N–H and O–H groups in total. The van der Waals surface area contributed by atoms with Crippen molar-refractivity contribution in [3.05, 3.63) is 64.5 Å². The number of pyridine rings is 1. The molecule has 0 spiro atoms. The molecule has 166 valence electrons. The van der Waals surface area contributed by atoms with Gasteiger partial charge >= 0.3 is 0 Å². The van der Waals surface area contributed by atoms with Crippen molar-refractivity contribution in [2.75, 3.05) is 26.8 Å². The molecule has 2 heterocycles. The minimum Gasteiger partial charge on any atom is -0.354 e. The Morgan fingerprint density at radius 1 is 1.16 bits per heavy atom. The third-order valence-corrected chi connectivity index (χ3v) is 4.96. The Kier molecular flexibility index (Phi) is 8.11. The molecular formula is C23H30N4O4. The van der Waals surface area contributed by atoms with Gasteiger partial charge in [-0.05, 0) is 31.0 Å². The van der Waals surface area contributed by atoms with Crippen LogP contribution in [0.15, 0.2) is 36.4 Å². The van der Waals surface area contributed by atoms with Crippen LogP contribution in [0.2, 0.25) is 0 Å². The molecule has 0 atom stereocenters. The Labute approximate surface area is 182 Å². The lowest BCUT2D eigenvalue weighted by Gasteiger charge is -2.27. The van der Waals surface area contributed by atoms with E-state index in [2.05, 4.69) is 21.7 Å². The number of rotatable bonds is 8. The van der Waals surface area contributed by atoms with Crippen LogP contribution >= 0.6 is 0 Å². The largest absolute Gasteiger partial charge is 0.354 e. The standard InChI is InChI=1S/C23H30N4O4/c1-15-5-3-6-16(9-15)10-19-11-17(12-20(27-19)23(29)25-2)22(28)26-8-4-7-21-30-13-18(24)14-31-21/h3,5-6,9,11-12,18,21H,4,7-8,10,13-14,24H2,1-2H3,(H,25,29)(H,26,28)/t18-,21-. The number of hydrogen-bond acceptors (Lipinski definition) is 6. The van der Waals surface area contributed by atoms with Crippen LogP contribution in [0.5, 0.6) is 0 Å². The summed E-state index contributed by atoms with van der Waals surface area (Å²) in [5.74, 6) is -0.574. The minimum absolute atomic E-state index is 0.0776. The first-order valence-corrected chi connectivity index (χ1v) is 10.5. The van der Waals surface area contributed by atoms with Crippen molar-refractivity contribution < 1.29 is 19.1 Å². The molecule has 8 heteroatoms. The summed E-state index contributed by atoms with van der Waals surface area (Å²) in [5, 5.41) is 5.47. The highest BCUT2D eigenvalue weighted by Gasteiger charge is 2.19. The van der Waals surface area contributed by atoms with Crippen LogP contribution in [0.1, 0.15) is 50.5 Å². The van der Waals surface area contributed by atoms with Gasteiger partial charge in [-0.3, -0.25) is 9.59 Å². The zero-order chi connectivity index (χ0) is 22.2. The second kappa shape index (κ2) is 11.0. The molecule has 1 aromatic carbocycles. The smallest absolute Gasteiger partial charge is 0.269 e. The van der Waals surface area contributed by atoms with E-state index in [1.807, 2.05) is 25.1 Å². The highest BCUT2D eigenvalue weighted by Crippen LogP contribution is 2.14. The van der Waals surface area contributed by atoms with Crippen LogP contribution in [0.4, 0.5) is 0 Å². The van der Waals surface area contributed by atoms with E-state index in [-0.39, 0.29) is 29.8 Å². The summed E-state index contributed by atoms with van der Waals surface area (Å²) in [6.07, 6.45) is 1.63. The van der Waals surface area contributed by atoms with Gasteiger partial charge in [-0.2, -0.15) is 0 Å². The second-order valence-electron chi connectivity index (χ2n) is 7.73. The fraction of sp³-hybridized carbons (Fsp3) is 0.435. The topological polar surface area (TPSA) is 116 Å². The number of nitrogens with one attached hydrogen (secondary N) is 2. The lowest BCUT2D eigenvalue weighted by atomic mass is 10.0. The number of aromatic nitrogens is 1. The number of carbonyl (C=O) groups excluding carboxylic acids is 2. The quantitative estimate of drug-likeness (QED) is 0.552. The fourth-order valence-corrected chi connectivity index (χ4v) is 3.38. The van der Waals surface area contributed by atoms with Crippen molar-refractivity contribution >= 4 is 11.8 Å². The molecule has 0 saturated carbocycles. The Balaban J connectivity index is 1.62. The van der Waals surface area contributed by atoms with Gasteiger partial charge in [0.2, 0.25) is 0 Å². The van der Waals surface area contributed by atoms with Crippen LogP contribution in [-0.2, 0) is 15.9 Å². The number of aryl methyl sites for hydroxylation is 1. The molecule has 1 saturated heterocycles. The zero-order valence-corrected chi connectivity index (χ0v) is 18.0. The number of amides is 2. The first-order valence-electron chi connectivity index (χ1n) is 10.5. The van der Waals surface area contributed by atoms with Gasteiger partial charge in [0.25, 0.3) is 11.8 Å². The number of hydrogen-bond donors (Lipinski definition) is 3. The summed E-state index contributed by atoms with van der Waals surface area (Å²) in [4.78, 5) is 29.3. The molecule has 0 unspecified atom stereocenters. The maximum Gasteiger partial charge on any atom is 0.269 e. The predicted molar refractivity (Wildman–Crippen MR) is 117 cm³/mol. The molecule has 2 aromatic rings. The average Bonchev–Trinajstić information content (AvgIpc) is 2.77. The third-order valence-electron chi connectivity index (χ3n) is 4.96. The summed E-state index contributed by atoms with van der Waals surface area (Å²) in [6, 6.07) is 11.2. The average molecular weight is 427 g/mol. The van der Waals surface area contributed by atoms with Crippen molar-refractivity contribution in [3.63, 3.8) is 0 Å². The van der Waals surface area contributed by atoms with E-state index >= 15 is 0 Å². The monoisotopic (exact) mass is 426 g/mol. The molecule has 1 fully saturated rings. The van der Waals surface area contributed by atoms with E-state index in [1.54, 1.807) is 13.1 Å². The van der Waals surface area contributed by atoms with Crippen LogP contribution < -0.4 is 16.4 Å².